The van der Waals surface area contributed by atoms with Crippen molar-refractivity contribution in [2.45, 2.75) is 30.6 Å². The summed E-state index contributed by atoms with van der Waals surface area (Å²) in [6.07, 6.45) is 2.08. The minimum absolute atomic E-state index is 0.118. The van der Waals surface area contributed by atoms with Gasteiger partial charge in [0, 0.05) is 27.1 Å². The number of amides is 1. The number of rotatable bonds is 10. The van der Waals surface area contributed by atoms with Gasteiger partial charge in [0.25, 0.3) is 0 Å². The number of nitrogens with zero attached hydrogens (tertiary/aromatic N) is 1. The molecule has 0 unspecified atom stereocenters. The number of halogens is 1. The molecular formula is C21H27FN2O4S. The van der Waals surface area contributed by atoms with Gasteiger partial charge in [-0.3, -0.25) is 4.79 Å². The number of hydrogen-bond acceptors (Lipinski definition) is 4. The minimum atomic E-state index is -3.56. The van der Waals surface area contributed by atoms with Gasteiger partial charge in [0.2, 0.25) is 15.9 Å². The van der Waals surface area contributed by atoms with Crippen molar-refractivity contribution in [1.82, 2.24) is 9.62 Å². The van der Waals surface area contributed by atoms with Crippen LogP contribution in [0.25, 0.3) is 0 Å². The second-order valence-electron chi connectivity index (χ2n) is 6.84. The zero-order valence-electron chi connectivity index (χ0n) is 16.9. The highest BCUT2D eigenvalue weighted by Crippen LogP contribution is 2.25. The van der Waals surface area contributed by atoms with Crippen LogP contribution in [0.5, 0.6) is 5.75 Å². The van der Waals surface area contributed by atoms with Crippen molar-refractivity contribution in [3.8, 4) is 5.75 Å². The van der Waals surface area contributed by atoms with Crippen LogP contribution < -0.4 is 10.1 Å². The molecule has 0 atom stereocenters. The van der Waals surface area contributed by atoms with Crippen LogP contribution in [0.4, 0.5) is 4.39 Å². The molecule has 2 rings (SSSR count). The molecule has 0 aliphatic carbocycles. The Bertz CT molecular complexity index is 928. The van der Waals surface area contributed by atoms with Gasteiger partial charge in [-0.1, -0.05) is 12.1 Å². The van der Waals surface area contributed by atoms with E-state index < -0.39 is 10.0 Å². The Balaban J connectivity index is 1.87. The highest BCUT2D eigenvalue weighted by molar-refractivity contribution is 7.89. The van der Waals surface area contributed by atoms with Crippen LogP contribution in [0.15, 0.2) is 47.4 Å². The maximum absolute atomic E-state index is 12.9. The number of hydrogen-bond donors (Lipinski definition) is 1. The number of benzene rings is 2. The van der Waals surface area contributed by atoms with Gasteiger partial charge in [-0.05, 0) is 60.7 Å². The van der Waals surface area contributed by atoms with Crippen LogP contribution in [0.2, 0.25) is 0 Å². The molecular weight excluding hydrogens is 395 g/mol. The maximum Gasteiger partial charge on any atom is 0.242 e. The fourth-order valence-electron chi connectivity index (χ4n) is 2.83. The second kappa shape index (κ2) is 10.4. The Labute approximate surface area is 171 Å². The third-order valence-electron chi connectivity index (χ3n) is 4.53. The van der Waals surface area contributed by atoms with E-state index in [4.69, 9.17) is 4.74 Å². The lowest BCUT2D eigenvalue weighted by molar-refractivity contribution is -0.121. The number of ether oxygens (including phenoxy) is 1. The van der Waals surface area contributed by atoms with E-state index in [9.17, 15) is 17.6 Å². The van der Waals surface area contributed by atoms with Crippen LogP contribution in [0, 0.1) is 5.82 Å². The van der Waals surface area contributed by atoms with E-state index in [1.54, 1.807) is 24.3 Å². The van der Waals surface area contributed by atoms with Crippen LogP contribution in [-0.2, 0) is 27.7 Å². The summed E-state index contributed by atoms with van der Waals surface area (Å²) in [5.41, 5.74) is 1.68. The predicted molar refractivity (Wildman–Crippen MR) is 110 cm³/mol. The molecule has 0 saturated carbocycles. The summed E-state index contributed by atoms with van der Waals surface area (Å²) in [5, 5.41) is 2.85. The van der Waals surface area contributed by atoms with Crippen molar-refractivity contribution in [2.24, 2.45) is 0 Å². The Morgan fingerprint density at radius 3 is 2.41 bits per heavy atom. The molecule has 6 nitrogen and oxygen atoms in total. The largest absolute Gasteiger partial charge is 0.496 e. The van der Waals surface area contributed by atoms with Gasteiger partial charge >= 0.3 is 0 Å². The lowest BCUT2D eigenvalue weighted by Crippen LogP contribution is -2.25. The summed E-state index contributed by atoms with van der Waals surface area (Å²) in [5.74, 6) is 0.166. The molecule has 0 aliphatic rings. The summed E-state index contributed by atoms with van der Waals surface area (Å²) >= 11 is 0. The Morgan fingerprint density at radius 1 is 1.10 bits per heavy atom. The number of carbonyl (C=O) groups is 1. The first-order chi connectivity index (χ1) is 13.7. The van der Waals surface area contributed by atoms with Crippen LogP contribution in [-0.4, -0.2) is 46.4 Å². The lowest BCUT2D eigenvalue weighted by atomic mass is 10.1. The Morgan fingerprint density at radius 2 is 1.79 bits per heavy atom. The van der Waals surface area contributed by atoms with E-state index in [2.05, 4.69) is 5.32 Å². The summed E-state index contributed by atoms with van der Waals surface area (Å²) in [7, 11) is 0.894. The third-order valence-corrected chi connectivity index (χ3v) is 6.34. The summed E-state index contributed by atoms with van der Waals surface area (Å²) < 4.78 is 44.0. The number of carbonyl (C=O) groups excluding carboxylic acids is 1. The first-order valence-corrected chi connectivity index (χ1v) is 10.8. The van der Waals surface area contributed by atoms with Crippen molar-refractivity contribution in [1.29, 1.82) is 0 Å². The molecule has 0 aliphatic heterocycles. The lowest BCUT2D eigenvalue weighted by Gasteiger charge is -2.14. The van der Waals surface area contributed by atoms with Gasteiger partial charge < -0.3 is 10.1 Å². The fourth-order valence-corrected chi connectivity index (χ4v) is 3.78. The standard InChI is InChI=1S/C21H27FN2O4S/c1-24(2)29(26,27)19-11-12-20(28-3)17(15-19)8-13-21(25)23-14-4-5-16-6-9-18(22)10-7-16/h6-7,9-12,15H,4-5,8,13-14H2,1-3H3,(H,23,25). The molecule has 0 saturated heterocycles. The normalized spacial score (nSPS) is 11.5. The molecule has 2 aromatic rings. The number of sulfonamides is 1. The molecule has 0 heterocycles. The quantitative estimate of drug-likeness (QED) is 0.598. The molecule has 0 fully saturated rings. The molecule has 158 valence electrons. The van der Waals surface area contributed by atoms with Gasteiger partial charge in [0.05, 0.1) is 12.0 Å². The van der Waals surface area contributed by atoms with E-state index >= 15 is 0 Å². The summed E-state index contributed by atoms with van der Waals surface area (Å²) in [6.45, 7) is 0.516. The van der Waals surface area contributed by atoms with Crippen LogP contribution in [0.1, 0.15) is 24.0 Å². The van der Waals surface area contributed by atoms with Crippen molar-refractivity contribution in [3.63, 3.8) is 0 Å². The van der Waals surface area contributed by atoms with Crippen molar-refractivity contribution in [2.75, 3.05) is 27.7 Å². The van der Waals surface area contributed by atoms with Gasteiger partial charge in [-0.15, -0.1) is 0 Å². The zero-order chi connectivity index (χ0) is 21.4. The maximum atomic E-state index is 12.9. The monoisotopic (exact) mass is 422 g/mol. The number of nitrogens with one attached hydrogen (secondary N) is 1. The summed E-state index contributed by atoms with van der Waals surface area (Å²) in [4.78, 5) is 12.3. The smallest absolute Gasteiger partial charge is 0.242 e. The average molecular weight is 423 g/mol. The molecule has 0 bridgehead atoms. The van der Waals surface area contributed by atoms with Crippen molar-refractivity contribution in [3.05, 3.63) is 59.4 Å². The van der Waals surface area contributed by atoms with Crippen molar-refractivity contribution >= 4 is 15.9 Å². The second-order valence-corrected chi connectivity index (χ2v) is 8.99. The van der Waals surface area contributed by atoms with E-state index in [1.807, 2.05) is 0 Å². The van der Waals surface area contributed by atoms with Gasteiger partial charge in [-0.2, -0.15) is 0 Å². The van der Waals surface area contributed by atoms with Crippen molar-refractivity contribution < 1.29 is 22.3 Å². The van der Waals surface area contributed by atoms with E-state index in [1.165, 1.54) is 39.4 Å². The van der Waals surface area contributed by atoms with Gasteiger partial charge in [-0.25, -0.2) is 17.1 Å². The first-order valence-electron chi connectivity index (χ1n) is 9.34. The third kappa shape index (κ3) is 6.54. The molecule has 8 heteroatoms. The highest BCUT2D eigenvalue weighted by atomic mass is 32.2. The zero-order valence-corrected chi connectivity index (χ0v) is 17.8. The average Bonchev–Trinajstić information content (AvgIpc) is 2.70. The molecule has 2 aromatic carbocycles. The topological polar surface area (TPSA) is 75.7 Å². The van der Waals surface area contributed by atoms with E-state index in [0.717, 1.165) is 22.7 Å². The van der Waals surface area contributed by atoms with Gasteiger partial charge in [0.15, 0.2) is 0 Å². The minimum Gasteiger partial charge on any atom is -0.496 e. The molecule has 0 aromatic heterocycles. The Kier molecular flexibility index (Phi) is 8.16. The first kappa shape index (κ1) is 22.8. The SMILES string of the molecule is COc1ccc(S(=O)(=O)N(C)C)cc1CCC(=O)NCCCc1ccc(F)cc1. The Hall–Kier alpha value is -2.45. The molecule has 0 radical (unpaired) electrons. The number of aryl methyl sites for hydroxylation is 2. The van der Waals surface area contributed by atoms with Crippen LogP contribution in [0.3, 0.4) is 0 Å². The fraction of sp³-hybridized carbons (Fsp3) is 0.381. The highest BCUT2D eigenvalue weighted by Gasteiger charge is 2.19. The predicted octanol–water partition coefficient (Wildman–Crippen LogP) is 2.77. The van der Waals surface area contributed by atoms with Crippen LogP contribution >= 0.6 is 0 Å². The molecule has 1 amide bonds. The van der Waals surface area contributed by atoms with E-state index in [0.29, 0.717) is 24.3 Å². The van der Waals surface area contributed by atoms with Gasteiger partial charge in [0.1, 0.15) is 11.6 Å². The summed E-state index contributed by atoms with van der Waals surface area (Å²) in [6, 6.07) is 11.0. The molecule has 0 spiro atoms. The molecule has 1 N–H and O–H groups in total. The van der Waals surface area contributed by atoms with E-state index in [-0.39, 0.29) is 23.0 Å². The number of methoxy groups -OCH3 is 1. The molecule has 29 heavy (non-hydrogen) atoms.